The van der Waals surface area contributed by atoms with Crippen LogP contribution in [0.25, 0.3) is 0 Å². The Balaban J connectivity index is 1.99. The normalized spacial score (nSPS) is 10.3. The molecule has 126 valence electrons. The van der Waals surface area contributed by atoms with Crippen molar-refractivity contribution >= 4 is 17.6 Å². The second kappa shape index (κ2) is 8.00. The molecular weight excluding hydrogens is 320 g/mol. The predicted octanol–water partition coefficient (Wildman–Crippen LogP) is 2.57. The van der Waals surface area contributed by atoms with Crippen molar-refractivity contribution in [1.82, 2.24) is 10.3 Å². The molecule has 2 amide bonds. The van der Waals surface area contributed by atoms with E-state index in [2.05, 4.69) is 20.4 Å². The molecule has 0 spiro atoms. The Labute approximate surface area is 136 Å². The Morgan fingerprint density at radius 1 is 1.25 bits per heavy atom. The number of alkyl halides is 2. The highest BCUT2D eigenvalue weighted by molar-refractivity contribution is 5.96. The lowest BCUT2D eigenvalue weighted by Crippen LogP contribution is -2.23. The summed E-state index contributed by atoms with van der Waals surface area (Å²) in [5.74, 6) is -0.392. The van der Waals surface area contributed by atoms with E-state index < -0.39 is 6.61 Å². The summed E-state index contributed by atoms with van der Waals surface area (Å²) in [4.78, 5) is 27.0. The van der Waals surface area contributed by atoms with Crippen LogP contribution in [0.2, 0.25) is 0 Å². The number of benzene rings is 1. The number of anilines is 1. The van der Waals surface area contributed by atoms with Gasteiger partial charge in [0.2, 0.25) is 5.91 Å². The number of aromatic nitrogens is 1. The minimum Gasteiger partial charge on any atom is -0.435 e. The summed E-state index contributed by atoms with van der Waals surface area (Å²) in [6.07, 6.45) is 1.40. The van der Waals surface area contributed by atoms with Crippen LogP contribution < -0.4 is 15.4 Å². The Morgan fingerprint density at radius 2 is 2.04 bits per heavy atom. The number of carbonyl (C=O) groups is 2. The van der Waals surface area contributed by atoms with Crippen molar-refractivity contribution in [3.8, 4) is 5.75 Å². The van der Waals surface area contributed by atoms with Gasteiger partial charge in [0.25, 0.3) is 5.91 Å². The van der Waals surface area contributed by atoms with Crippen LogP contribution in [0.15, 0.2) is 42.6 Å². The summed E-state index contributed by atoms with van der Waals surface area (Å²) in [6.45, 7) is -1.43. The zero-order valence-corrected chi connectivity index (χ0v) is 12.8. The van der Waals surface area contributed by atoms with E-state index in [-0.39, 0.29) is 29.9 Å². The third-order valence-corrected chi connectivity index (χ3v) is 2.90. The summed E-state index contributed by atoms with van der Waals surface area (Å²) in [6, 6.07) is 8.99. The smallest absolute Gasteiger partial charge is 0.387 e. The van der Waals surface area contributed by atoms with Crippen molar-refractivity contribution < 1.29 is 23.1 Å². The molecule has 0 bridgehead atoms. The van der Waals surface area contributed by atoms with E-state index in [0.29, 0.717) is 11.1 Å². The monoisotopic (exact) mass is 335 g/mol. The molecule has 6 nitrogen and oxygen atoms in total. The second-order valence-corrected chi connectivity index (χ2v) is 4.82. The molecule has 0 fully saturated rings. The number of pyridine rings is 1. The van der Waals surface area contributed by atoms with E-state index >= 15 is 0 Å². The molecule has 0 saturated heterocycles. The van der Waals surface area contributed by atoms with Gasteiger partial charge in [0, 0.05) is 25.2 Å². The molecule has 0 aliphatic rings. The average molecular weight is 335 g/mol. The minimum atomic E-state index is -2.90. The molecule has 0 aliphatic carbocycles. The van der Waals surface area contributed by atoms with Crippen molar-refractivity contribution in [2.75, 3.05) is 5.32 Å². The van der Waals surface area contributed by atoms with Crippen LogP contribution >= 0.6 is 0 Å². The van der Waals surface area contributed by atoms with Crippen LogP contribution in [0.3, 0.4) is 0 Å². The average Bonchev–Trinajstić information content (AvgIpc) is 2.52. The van der Waals surface area contributed by atoms with Crippen LogP contribution in [0, 0.1) is 0 Å². The van der Waals surface area contributed by atoms with Crippen molar-refractivity contribution in [2.24, 2.45) is 0 Å². The van der Waals surface area contributed by atoms with Gasteiger partial charge in [0.1, 0.15) is 11.6 Å². The van der Waals surface area contributed by atoms with Gasteiger partial charge in [-0.05, 0) is 29.8 Å². The lowest BCUT2D eigenvalue weighted by Gasteiger charge is -2.09. The zero-order valence-electron chi connectivity index (χ0n) is 12.8. The van der Waals surface area contributed by atoms with Gasteiger partial charge in [-0.25, -0.2) is 4.98 Å². The number of halogens is 2. The Bertz CT molecular complexity index is 738. The summed E-state index contributed by atoms with van der Waals surface area (Å²) in [5.41, 5.74) is 0.923. The van der Waals surface area contributed by atoms with Crippen LogP contribution in [0.4, 0.5) is 14.6 Å². The maximum atomic E-state index is 12.2. The molecule has 0 unspecified atom stereocenters. The van der Waals surface area contributed by atoms with E-state index in [1.54, 1.807) is 12.1 Å². The number of carbonyl (C=O) groups excluding carboxylic acids is 2. The van der Waals surface area contributed by atoms with Crippen molar-refractivity contribution in [2.45, 2.75) is 20.1 Å². The first-order valence-electron chi connectivity index (χ1n) is 6.99. The summed E-state index contributed by atoms with van der Waals surface area (Å²) in [5, 5.41) is 5.14. The lowest BCUT2D eigenvalue weighted by atomic mass is 10.2. The molecule has 8 heteroatoms. The molecule has 0 saturated carbocycles. The van der Waals surface area contributed by atoms with Crippen molar-refractivity contribution in [3.63, 3.8) is 0 Å². The van der Waals surface area contributed by atoms with Gasteiger partial charge in [-0.1, -0.05) is 12.1 Å². The lowest BCUT2D eigenvalue weighted by molar-refractivity contribution is -0.114. The molecule has 2 rings (SSSR count). The first kappa shape index (κ1) is 17.3. The fourth-order valence-electron chi connectivity index (χ4n) is 1.94. The number of hydrogen-bond acceptors (Lipinski definition) is 4. The maximum absolute atomic E-state index is 12.2. The summed E-state index contributed by atoms with van der Waals surface area (Å²) in [7, 11) is 0. The summed E-state index contributed by atoms with van der Waals surface area (Å²) < 4.78 is 28.7. The third kappa shape index (κ3) is 5.31. The molecule has 1 aromatic carbocycles. The maximum Gasteiger partial charge on any atom is 0.387 e. The quantitative estimate of drug-likeness (QED) is 0.850. The minimum absolute atomic E-state index is 0.0219. The standard InChI is InChI=1S/C16H15F2N3O3/c1-10(22)21-14-8-12(5-6-19-14)15(23)20-9-11-3-2-4-13(7-11)24-16(17)18/h2-8,16H,9H2,1H3,(H,20,23)(H,19,21,22). The van der Waals surface area contributed by atoms with Crippen LogP contribution in [-0.2, 0) is 11.3 Å². The molecule has 0 atom stereocenters. The molecule has 0 radical (unpaired) electrons. The molecule has 1 aromatic heterocycles. The fraction of sp³-hybridized carbons (Fsp3) is 0.188. The van der Waals surface area contributed by atoms with Gasteiger partial charge in [-0.15, -0.1) is 0 Å². The number of hydrogen-bond donors (Lipinski definition) is 2. The number of amides is 2. The summed E-state index contributed by atoms with van der Waals surface area (Å²) >= 11 is 0. The highest BCUT2D eigenvalue weighted by Crippen LogP contribution is 2.16. The van der Waals surface area contributed by atoms with Crippen molar-refractivity contribution in [3.05, 3.63) is 53.7 Å². The number of nitrogens with zero attached hydrogens (tertiary/aromatic N) is 1. The fourth-order valence-corrected chi connectivity index (χ4v) is 1.94. The van der Waals surface area contributed by atoms with Gasteiger partial charge < -0.3 is 15.4 Å². The molecule has 2 aromatic rings. The van der Waals surface area contributed by atoms with Gasteiger partial charge >= 0.3 is 6.61 Å². The van der Waals surface area contributed by atoms with Crippen LogP contribution in [-0.4, -0.2) is 23.4 Å². The van der Waals surface area contributed by atoms with E-state index in [9.17, 15) is 18.4 Å². The van der Waals surface area contributed by atoms with E-state index in [1.165, 1.54) is 37.4 Å². The van der Waals surface area contributed by atoms with Crippen LogP contribution in [0.1, 0.15) is 22.8 Å². The van der Waals surface area contributed by atoms with E-state index in [4.69, 9.17) is 0 Å². The van der Waals surface area contributed by atoms with Crippen LogP contribution in [0.5, 0.6) is 5.75 Å². The van der Waals surface area contributed by atoms with Gasteiger partial charge in [-0.3, -0.25) is 9.59 Å². The molecule has 0 aliphatic heterocycles. The predicted molar refractivity (Wildman–Crippen MR) is 82.8 cm³/mol. The topological polar surface area (TPSA) is 80.3 Å². The van der Waals surface area contributed by atoms with E-state index in [0.717, 1.165) is 0 Å². The van der Waals surface area contributed by atoms with Gasteiger partial charge in [-0.2, -0.15) is 8.78 Å². The molecular formula is C16H15F2N3O3. The molecule has 2 N–H and O–H groups in total. The highest BCUT2D eigenvalue weighted by Gasteiger charge is 2.09. The second-order valence-electron chi connectivity index (χ2n) is 4.82. The Hall–Kier alpha value is -3.03. The number of rotatable bonds is 6. The van der Waals surface area contributed by atoms with Gasteiger partial charge in [0.15, 0.2) is 0 Å². The molecule has 1 heterocycles. The van der Waals surface area contributed by atoms with Crippen molar-refractivity contribution in [1.29, 1.82) is 0 Å². The Kier molecular flexibility index (Phi) is 5.78. The SMILES string of the molecule is CC(=O)Nc1cc(C(=O)NCc2cccc(OC(F)F)c2)ccn1. The van der Waals surface area contributed by atoms with E-state index in [1.807, 2.05) is 0 Å². The highest BCUT2D eigenvalue weighted by atomic mass is 19.3. The number of nitrogens with one attached hydrogen (secondary N) is 2. The zero-order chi connectivity index (χ0) is 17.5. The third-order valence-electron chi connectivity index (χ3n) is 2.90. The largest absolute Gasteiger partial charge is 0.435 e. The number of ether oxygens (including phenoxy) is 1. The van der Waals surface area contributed by atoms with Gasteiger partial charge in [0.05, 0.1) is 0 Å². The first-order chi connectivity index (χ1) is 11.4. The molecule has 24 heavy (non-hydrogen) atoms. The first-order valence-corrected chi connectivity index (χ1v) is 6.99. The Morgan fingerprint density at radius 3 is 2.75 bits per heavy atom.